The van der Waals surface area contributed by atoms with E-state index < -0.39 is 15.6 Å². The van der Waals surface area contributed by atoms with Gasteiger partial charge in [-0.25, -0.2) is 18.2 Å². The van der Waals surface area contributed by atoms with Crippen LogP contribution in [0.25, 0.3) is 11.2 Å². The van der Waals surface area contributed by atoms with Crippen molar-refractivity contribution < 1.29 is 12.8 Å². The Hall–Kier alpha value is -1.63. The van der Waals surface area contributed by atoms with Gasteiger partial charge in [-0.2, -0.15) is 0 Å². The maximum atomic E-state index is 11.8. The van der Waals surface area contributed by atoms with E-state index in [9.17, 15) is 13.2 Å². The topological polar surface area (TPSA) is 82.2 Å². The molecule has 0 amide bonds. The summed E-state index contributed by atoms with van der Waals surface area (Å²) in [6, 6.07) is 3.37. The number of fused-ring (bicyclic) bond motifs is 1. The van der Waals surface area contributed by atoms with Crippen molar-refractivity contribution in [2.24, 2.45) is 5.41 Å². The van der Waals surface area contributed by atoms with Gasteiger partial charge in [-0.1, -0.05) is 0 Å². The molecule has 7 heteroatoms. The van der Waals surface area contributed by atoms with Crippen molar-refractivity contribution in [1.82, 2.24) is 9.55 Å². The summed E-state index contributed by atoms with van der Waals surface area (Å²) < 4.78 is 29.4. The average Bonchev–Trinajstić information content (AvgIpc) is 2.96. The summed E-state index contributed by atoms with van der Waals surface area (Å²) in [6.07, 6.45) is 4.43. The van der Waals surface area contributed by atoms with Crippen molar-refractivity contribution in [1.29, 1.82) is 0 Å². The Kier molecular flexibility index (Phi) is 2.57. The molecule has 1 aliphatic rings. The number of rotatable bonds is 4. The van der Waals surface area contributed by atoms with Crippen LogP contribution in [0.5, 0.6) is 0 Å². The van der Waals surface area contributed by atoms with Gasteiger partial charge in [-0.15, -0.1) is 0 Å². The SMILES string of the molecule is CS(=O)(=O)CC1(Cn2c(=O)oc3cccnc32)CC1. The zero-order chi connectivity index (χ0) is 13.7. The lowest BCUT2D eigenvalue weighted by Crippen LogP contribution is -2.26. The molecule has 102 valence electrons. The van der Waals surface area contributed by atoms with Crippen molar-refractivity contribution in [3.8, 4) is 0 Å². The molecule has 2 aromatic heterocycles. The van der Waals surface area contributed by atoms with E-state index in [1.165, 1.54) is 10.8 Å². The largest absolute Gasteiger partial charge is 0.421 e. The average molecular weight is 282 g/mol. The Bertz CT molecular complexity index is 783. The molecular formula is C12H14N2O4S. The normalized spacial score (nSPS) is 17.7. The molecule has 0 saturated heterocycles. The molecule has 6 nitrogen and oxygen atoms in total. The number of aromatic nitrogens is 2. The second-order valence-electron chi connectivity index (χ2n) is 5.35. The van der Waals surface area contributed by atoms with Crippen LogP contribution in [0.1, 0.15) is 12.8 Å². The highest BCUT2D eigenvalue weighted by Gasteiger charge is 2.46. The van der Waals surface area contributed by atoms with Crippen molar-refractivity contribution in [3.63, 3.8) is 0 Å². The minimum Gasteiger partial charge on any atom is -0.406 e. The van der Waals surface area contributed by atoms with Crippen LogP contribution in [0.15, 0.2) is 27.5 Å². The molecule has 3 rings (SSSR count). The fourth-order valence-corrected chi connectivity index (χ4v) is 3.95. The first-order valence-electron chi connectivity index (χ1n) is 6.01. The summed E-state index contributed by atoms with van der Waals surface area (Å²) in [6.45, 7) is 0.350. The lowest BCUT2D eigenvalue weighted by Gasteiger charge is -2.13. The lowest BCUT2D eigenvalue weighted by atomic mass is 10.1. The third kappa shape index (κ3) is 2.42. The standard InChI is InChI=1S/C12H14N2O4S/c1-19(16,17)8-12(4-5-12)7-14-10-9(18-11(14)15)3-2-6-13-10/h2-3,6H,4-5,7-8H2,1H3. The van der Waals surface area contributed by atoms with Gasteiger partial charge in [-0.05, 0) is 25.0 Å². The first kappa shape index (κ1) is 12.4. The van der Waals surface area contributed by atoms with Crippen LogP contribution >= 0.6 is 0 Å². The molecule has 0 unspecified atom stereocenters. The zero-order valence-corrected chi connectivity index (χ0v) is 11.3. The van der Waals surface area contributed by atoms with Gasteiger partial charge in [0.1, 0.15) is 9.84 Å². The van der Waals surface area contributed by atoms with E-state index in [2.05, 4.69) is 4.98 Å². The molecule has 1 aliphatic carbocycles. The van der Waals surface area contributed by atoms with Crippen LogP contribution in [0.4, 0.5) is 0 Å². The molecule has 19 heavy (non-hydrogen) atoms. The fourth-order valence-electron chi connectivity index (χ4n) is 2.46. The Labute approximate surface area is 110 Å². The van der Waals surface area contributed by atoms with E-state index in [4.69, 9.17) is 4.42 Å². The zero-order valence-electron chi connectivity index (χ0n) is 10.5. The highest BCUT2D eigenvalue weighted by molar-refractivity contribution is 7.90. The maximum Gasteiger partial charge on any atom is 0.421 e. The minimum atomic E-state index is -3.06. The highest BCUT2D eigenvalue weighted by atomic mass is 32.2. The van der Waals surface area contributed by atoms with Crippen LogP contribution in [0.3, 0.4) is 0 Å². The molecule has 1 saturated carbocycles. The lowest BCUT2D eigenvalue weighted by molar-refractivity contribution is 0.423. The van der Waals surface area contributed by atoms with Gasteiger partial charge in [0.05, 0.1) is 5.75 Å². The third-order valence-corrected chi connectivity index (χ3v) is 4.58. The van der Waals surface area contributed by atoms with E-state index in [-0.39, 0.29) is 11.2 Å². The maximum absolute atomic E-state index is 11.8. The number of pyridine rings is 1. The smallest absolute Gasteiger partial charge is 0.406 e. The summed E-state index contributed by atoms with van der Waals surface area (Å²) in [4.78, 5) is 15.9. The Balaban J connectivity index is 1.98. The minimum absolute atomic E-state index is 0.103. The number of hydrogen-bond donors (Lipinski definition) is 0. The number of nitrogens with zero attached hydrogens (tertiary/aromatic N) is 2. The molecule has 0 aromatic carbocycles. The summed E-state index contributed by atoms with van der Waals surface area (Å²) in [5.41, 5.74) is 0.584. The second kappa shape index (κ2) is 3.93. The van der Waals surface area contributed by atoms with Gasteiger partial charge < -0.3 is 4.42 Å². The summed E-state index contributed by atoms with van der Waals surface area (Å²) in [7, 11) is -3.06. The molecular weight excluding hydrogens is 268 g/mol. The first-order chi connectivity index (χ1) is 8.89. The van der Waals surface area contributed by atoms with Crippen LogP contribution in [-0.2, 0) is 16.4 Å². The van der Waals surface area contributed by atoms with E-state index in [0.29, 0.717) is 17.8 Å². The number of hydrogen-bond acceptors (Lipinski definition) is 5. The van der Waals surface area contributed by atoms with Crippen molar-refractivity contribution >= 4 is 21.1 Å². The number of oxazole rings is 1. The van der Waals surface area contributed by atoms with Gasteiger partial charge in [0, 0.05) is 24.4 Å². The van der Waals surface area contributed by atoms with E-state index in [1.807, 2.05) is 0 Å². The van der Waals surface area contributed by atoms with Gasteiger partial charge in [0.25, 0.3) is 0 Å². The molecule has 0 spiro atoms. The number of sulfone groups is 1. The molecule has 0 atom stereocenters. The molecule has 0 N–H and O–H groups in total. The Morgan fingerprint density at radius 1 is 1.47 bits per heavy atom. The summed E-state index contributed by atoms with van der Waals surface area (Å²) in [5.74, 6) is -0.375. The predicted octanol–water partition coefficient (Wildman–Crippen LogP) is 0.814. The van der Waals surface area contributed by atoms with E-state index >= 15 is 0 Å². The fraction of sp³-hybridized carbons (Fsp3) is 0.500. The highest BCUT2D eigenvalue weighted by Crippen LogP contribution is 2.48. The first-order valence-corrected chi connectivity index (χ1v) is 8.07. The molecule has 0 bridgehead atoms. The van der Waals surface area contributed by atoms with Gasteiger partial charge in [0.15, 0.2) is 11.2 Å². The van der Waals surface area contributed by atoms with E-state index in [1.54, 1.807) is 18.3 Å². The van der Waals surface area contributed by atoms with Crippen molar-refractivity contribution in [2.45, 2.75) is 19.4 Å². The van der Waals surface area contributed by atoms with Gasteiger partial charge in [-0.3, -0.25) is 4.57 Å². The Morgan fingerprint density at radius 3 is 2.84 bits per heavy atom. The predicted molar refractivity (Wildman–Crippen MR) is 69.6 cm³/mol. The quantitative estimate of drug-likeness (QED) is 0.829. The van der Waals surface area contributed by atoms with Crippen LogP contribution in [-0.4, -0.2) is 30.0 Å². The second-order valence-corrected chi connectivity index (χ2v) is 7.49. The molecule has 2 heterocycles. The van der Waals surface area contributed by atoms with Crippen molar-refractivity contribution in [2.75, 3.05) is 12.0 Å². The van der Waals surface area contributed by atoms with Crippen LogP contribution < -0.4 is 5.76 Å². The molecule has 1 fully saturated rings. The molecule has 0 aliphatic heterocycles. The summed E-state index contributed by atoms with van der Waals surface area (Å²) >= 11 is 0. The molecule has 0 radical (unpaired) electrons. The van der Waals surface area contributed by atoms with Crippen LogP contribution in [0.2, 0.25) is 0 Å². The third-order valence-electron chi connectivity index (χ3n) is 3.44. The monoisotopic (exact) mass is 282 g/mol. The van der Waals surface area contributed by atoms with Crippen LogP contribution in [0, 0.1) is 5.41 Å². The van der Waals surface area contributed by atoms with Crippen molar-refractivity contribution in [3.05, 3.63) is 28.9 Å². The van der Waals surface area contributed by atoms with Gasteiger partial charge >= 0.3 is 5.76 Å². The van der Waals surface area contributed by atoms with E-state index in [0.717, 1.165) is 12.8 Å². The van der Waals surface area contributed by atoms with Gasteiger partial charge in [0.2, 0.25) is 0 Å². The Morgan fingerprint density at radius 2 is 2.21 bits per heavy atom. The molecule has 2 aromatic rings. The summed E-state index contributed by atoms with van der Waals surface area (Å²) in [5, 5.41) is 0.